The highest BCUT2D eigenvalue weighted by Crippen LogP contribution is 2.34. The molecule has 3 amide bonds. The average molecular weight is 467 g/mol. The third-order valence-corrected chi connectivity index (χ3v) is 5.58. The predicted molar refractivity (Wildman–Crippen MR) is 107 cm³/mol. The van der Waals surface area contributed by atoms with Gasteiger partial charge in [-0.3, -0.25) is 29.7 Å². The fourth-order valence-corrected chi connectivity index (χ4v) is 4.15. The summed E-state index contributed by atoms with van der Waals surface area (Å²) in [5, 5.41) is 10.2. The van der Waals surface area contributed by atoms with Crippen molar-refractivity contribution in [1.82, 2.24) is 20.1 Å². The Bertz CT molecular complexity index is 1220. The molecule has 2 N–H and O–H groups in total. The van der Waals surface area contributed by atoms with Crippen LogP contribution in [0.2, 0.25) is 0 Å². The van der Waals surface area contributed by atoms with Gasteiger partial charge in [0, 0.05) is 24.2 Å². The van der Waals surface area contributed by atoms with Gasteiger partial charge in [0.2, 0.25) is 11.8 Å². The van der Waals surface area contributed by atoms with Crippen molar-refractivity contribution >= 4 is 45.1 Å². The van der Waals surface area contributed by atoms with E-state index in [1.165, 1.54) is 4.68 Å². The van der Waals surface area contributed by atoms with Crippen LogP contribution in [0.1, 0.15) is 30.1 Å². The van der Waals surface area contributed by atoms with Crippen LogP contribution in [0.3, 0.4) is 0 Å². The number of alkyl halides is 3. The van der Waals surface area contributed by atoms with Gasteiger partial charge in [0.15, 0.2) is 17.4 Å². The summed E-state index contributed by atoms with van der Waals surface area (Å²) in [6, 6.07) is 5.03. The Balaban J connectivity index is 1.50. The van der Waals surface area contributed by atoms with Gasteiger partial charge < -0.3 is 4.74 Å². The van der Waals surface area contributed by atoms with Gasteiger partial charge in [-0.15, -0.1) is 11.3 Å². The molecule has 9 nitrogen and oxygen atoms in total. The number of fused-ring (bicyclic) bond motifs is 1. The maximum Gasteiger partial charge on any atom is 0.434 e. The van der Waals surface area contributed by atoms with E-state index in [4.69, 9.17) is 4.74 Å². The molecule has 13 heteroatoms. The van der Waals surface area contributed by atoms with Crippen LogP contribution in [0.5, 0.6) is 5.75 Å². The lowest BCUT2D eigenvalue weighted by atomic mass is 9.93. The molecule has 4 rings (SSSR count). The average Bonchev–Trinajstić information content (AvgIpc) is 3.32. The molecule has 1 unspecified atom stereocenters. The third-order valence-electron chi connectivity index (χ3n) is 4.83. The number of aryl methyl sites for hydroxylation is 1. The van der Waals surface area contributed by atoms with Crippen LogP contribution in [0.15, 0.2) is 23.6 Å². The molecular weight excluding hydrogens is 451 g/mol. The van der Waals surface area contributed by atoms with Gasteiger partial charge >= 0.3 is 6.18 Å². The van der Waals surface area contributed by atoms with Crippen molar-refractivity contribution < 1.29 is 32.3 Å². The lowest BCUT2D eigenvalue weighted by Crippen LogP contribution is -2.39. The van der Waals surface area contributed by atoms with Gasteiger partial charge in [-0.1, -0.05) is 12.1 Å². The van der Waals surface area contributed by atoms with E-state index < -0.39 is 36.2 Å². The number of para-hydroxylation sites is 1. The summed E-state index contributed by atoms with van der Waals surface area (Å²) < 4.78 is 45.0. The quantitative estimate of drug-likeness (QED) is 0.558. The number of rotatable bonds is 5. The minimum atomic E-state index is -4.59. The smallest absolute Gasteiger partial charge is 0.434 e. The zero-order chi connectivity index (χ0) is 23.0. The Morgan fingerprint density at radius 3 is 2.84 bits per heavy atom. The maximum atomic E-state index is 12.6. The number of amides is 3. The van der Waals surface area contributed by atoms with Crippen molar-refractivity contribution in [2.45, 2.75) is 24.9 Å². The molecule has 0 bridgehead atoms. The Morgan fingerprint density at radius 2 is 2.16 bits per heavy atom. The number of nitrogens with zero attached hydrogens (tertiary/aromatic N) is 3. The first kappa shape index (κ1) is 21.7. The van der Waals surface area contributed by atoms with E-state index in [0.29, 0.717) is 40.1 Å². The van der Waals surface area contributed by atoms with E-state index in [1.54, 1.807) is 25.2 Å². The van der Waals surface area contributed by atoms with Crippen molar-refractivity contribution in [3.8, 4) is 5.75 Å². The number of anilines is 1. The highest BCUT2D eigenvalue weighted by Gasteiger charge is 2.34. The zero-order valence-corrected chi connectivity index (χ0v) is 17.3. The lowest BCUT2D eigenvalue weighted by Gasteiger charge is -2.19. The summed E-state index contributed by atoms with van der Waals surface area (Å²) in [5.41, 5.74) is -0.0576. The van der Waals surface area contributed by atoms with Crippen molar-refractivity contribution in [2.24, 2.45) is 7.05 Å². The monoisotopic (exact) mass is 467 g/mol. The molecule has 0 aliphatic carbocycles. The van der Waals surface area contributed by atoms with Gasteiger partial charge in [0.1, 0.15) is 11.3 Å². The predicted octanol–water partition coefficient (Wildman–Crippen LogP) is 2.59. The van der Waals surface area contributed by atoms with Crippen LogP contribution in [-0.4, -0.2) is 39.1 Å². The summed E-state index contributed by atoms with van der Waals surface area (Å²) >= 11 is 0.656. The Kier molecular flexibility index (Phi) is 5.59. The lowest BCUT2D eigenvalue weighted by molar-refractivity contribution is -0.140. The maximum absolute atomic E-state index is 12.6. The van der Waals surface area contributed by atoms with Crippen LogP contribution in [0.4, 0.5) is 18.3 Å². The Hall–Kier alpha value is -3.48. The van der Waals surface area contributed by atoms with E-state index in [9.17, 15) is 27.6 Å². The number of hydrogen-bond donors (Lipinski definition) is 2. The zero-order valence-electron chi connectivity index (χ0n) is 16.5. The summed E-state index contributed by atoms with van der Waals surface area (Å²) in [6.45, 7) is -0.473. The molecule has 1 atom stereocenters. The minimum Gasteiger partial charge on any atom is -0.481 e. The third kappa shape index (κ3) is 4.28. The number of hydrogen-bond acceptors (Lipinski definition) is 7. The standard InChI is InChI=1S/C19H16F3N5O4S/c1-27-16-9(15(26-27)10-5-6-13(28)24-17(10)30)3-2-4-11(16)31-7-14(29)25-18-23-12(8-32-18)19(20,21)22/h2-4,8,10H,5-7H2,1H3,(H,23,25,29)(H,24,28,30). The van der Waals surface area contributed by atoms with Crippen LogP contribution >= 0.6 is 11.3 Å². The first-order valence-corrected chi connectivity index (χ1v) is 10.3. The molecule has 1 aromatic carbocycles. The van der Waals surface area contributed by atoms with Gasteiger partial charge in [0.25, 0.3) is 5.91 Å². The van der Waals surface area contributed by atoms with Crippen molar-refractivity contribution in [3.63, 3.8) is 0 Å². The number of piperidine rings is 1. The summed E-state index contributed by atoms with van der Waals surface area (Å²) in [6.07, 6.45) is -4.05. The Morgan fingerprint density at radius 1 is 1.38 bits per heavy atom. The first-order valence-electron chi connectivity index (χ1n) is 9.38. The number of halogens is 3. The molecule has 1 aliphatic rings. The normalized spacial score (nSPS) is 16.8. The molecule has 168 valence electrons. The summed E-state index contributed by atoms with van der Waals surface area (Å²) in [7, 11) is 1.65. The van der Waals surface area contributed by atoms with E-state index in [1.807, 2.05) is 0 Å². The van der Waals surface area contributed by atoms with Crippen LogP contribution < -0.4 is 15.4 Å². The number of aromatic nitrogens is 3. The Labute approximate surface area is 182 Å². The van der Waals surface area contributed by atoms with E-state index in [-0.39, 0.29) is 17.5 Å². The van der Waals surface area contributed by atoms with Crippen LogP contribution in [0, 0.1) is 0 Å². The summed E-state index contributed by atoms with van der Waals surface area (Å²) in [4.78, 5) is 39.2. The first-order chi connectivity index (χ1) is 15.1. The van der Waals surface area contributed by atoms with E-state index in [0.717, 1.165) is 5.38 Å². The van der Waals surface area contributed by atoms with Crippen molar-refractivity contribution in [3.05, 3.63) is 35.0 Å². The van der Waals surface area contributed by atoms with Crippen molar-refractivity contribution in [1.29, 1.82) is 0 Å². The largest absolute Gasteiger partial charge is 0.481 e. The number of carbonyl (C=O) groups excluding carboxylic acids is 3. The molecule has 3 heterocycles. The molecule has 0 radical (unpaired) electrons. The van der Waals surface area contributed by atoms with Gasteiger partial charge in [0.05, 0.1) is 11.6 Å². The fourth-order valence-electron chi connectivity index (χ4n) is 3.42. The van der Waals surface area contributed by atoms with Gasteiger partial charge in [-0.05, 0) is 12.5 Å². The molecular formula is C19H16F3N5O4S. The molecule has 32 heavy (non-hydrogen) atoms. The SMILES string of the molecule is Cn1nc(C2CCC(=O)NC2=O)c2cccc(OCC(=O)Nc3nc(C(F)(F)F)cs3)c21. The number of ether oxygens (including phenoxy) is 1. The minimum absolute atomic E-state index is 0.190. The molecule has 3 aromatic rings. The highest BCUT2D eigenvalue weighted by molar-refractivity contribution is 7.13. The molecule has 2 aromatic heterocycles. The molecule has 1 fully saturated rings. The molecule has 0 spiro atoms. The number of imide groups is 1. The second-order valence-electron chi connectivity index (χ2n) is 7.04. The van der Waals surface area contributed by atoms with Gasteiger partial charge in [-0.2, -0.15) is 18.3 Å². The second kappa shape index (κ2) is 8.22. The van der Waals surface area contributed by atoms with Crippen molar-refractivity contribution in [2.75, 3.05) is 11.9 Å². The second-order valence-corrected chi connectivity index (χ2v) is 7.90. The topological polar surface area (TPSA) is 115 Å². The molecule has 0 saturated carbocycles. The number of benzene rings is 1. The number of carbonyl (C=O) groups is 3. The van der Waals surface area contributed by atoms with Crippen LogP contribution in [0.25, 0.3) is 10.9 Å². The molecule has 1 aliphatic heterocycles. The summed E-state index contributed by atoms with van der Waals surface area (Å²) in [5.74, 6) is -1.72. The van der Waals surface area contributed by atoms with Gasteiger partial charge in [-0.25, -0.2) is 4.98 Å². The van der Waals surface area contributed by atoms with E-state index >= 15 is 0 Å². The number of nitrogens with one attached hydrogen (secondary N) is 2. The van der Waals surface area contributed by atoms with Crippen LogP contribution in [-0.2, 0) is 27.6 Å². The highest BCUT2D eigenvalue weighted by atomic mass is 32.1. The van der Waals surface area contributed by atoms with E-state index in [2.05, 4.69) is 20.7 Å². The number of thiazole rings is 1. The molecule has 1 saturated heterocycles. The fraction of sp³-hybridized carbons (Fsp3) is 0.316.